The minimum Gasteiger partial charge on any atom is -0.356 e. The lowest BCUT2D eigenvalue weighted by Crippen LogP contribution is -2.37. The highest BCUT2D eigenvalue weighted by molar-refractivity contribution is 14.0. The van der Waals surface area contributed by atoms with E-state index in [1.807, 2.05) is 38.1 Å². The van der Waals surface area contributed by atoms with Crippen LogP contribution in [-0.4, -0.2) is 30.4 Å². The quantitative estimate of drug-likeness (QED) is 0.282. The molecule has 1 aromatic heterocycles. The van der Waals surface area contributed by atoms with Crippen molar-refractivity contribution in [2.75, 3.05) is 18.9 Å². The summed E-state index contributed by atoms with van der Waals surface area (Å²) >= 11 is 1.75. The fourth-order valence-corrected chi connectivity index (χ4v) is 3.48. The Morgan fingerprint density at radius 3 is 2.68 bits per heavy atom. The zero-order chi connectivity index (χ0) is 19.6. The standard InChI is InChI=1S/C20H29N5OS.HI/c1-5-7-18(26)25-17-9-6-8-16(12-17)13-23-20(21-4)22-11-10-19-24-14(2)15(3)27-19;/h6,8-9,12H,5,7,10-11,13H2,1-4H3,(H,25,26)(H2,21,22,23);1H. The Morgan fingerprint density at radius 2 is 2.04 bits per heavy atom. The Kier molecular flexibility index (Phi) is 11.1. The number of rotatable bonds is 8. The molecule has 0 bridgehead atoms. The Balaban J connectivity index is 0.00000392. The number of benzene rings is 1. The molecule has 1 heterocycles. The third kappa shape index (κ3) is 8.14. The van der Waals surface area contributed by atoms with E-state index < -0.39 is 0 Å². The van der Waals surface area contributed by atoms with E-state index in [1.165, 1.54) is 4.88 Å². The second-order valence-electron chi connectivity index (χ2n) is 6.35. The maximum Gasteiger partial charge on any atom is 0.224 e. The predicted octanol–water partition coefficient (Wildman–Crippen LogP) is 4.02. The van der Waals surface area contributed by atoms with Crippen molar-refractivity contribution in [2.24, 2.45) is 4.99 Å². The number of anilines is 1. The van der Waals surface area contributed by atoms with Crippen LogP contribution in [0.1, 0.15) is 40.9 Å². The topological polar surface area (TPSA) is 78.4 Å². The molecule has 0 saturated heterocycles. The first-order valence-corrected chi connectivity index (χ1v) is 10.1. The van der Waals surface area contributed by atoms with E-state index in [9.17, 15) is 4.79 Å². The molecule has 0 atom stereocenters. The van der Waals surface area contributed by atoms with Crippen molar-refractivity contribution >= 4 is 52.9 Å². The van der Waals surface area contributed by atoms with Gasteiger partial charge in [0.2, 0.25) is 5.91 Å². The summed E-state index contributed by atoms with van der Waals surface area (Å²) < 4.78 is 0. The van der Waals surface area contributed by atoms with Crippen LogP contribution >= 0.6 is 35.3 Å². The van der Waals surface area contributed by atoms with Crippen molar-refractivity contribution in [3.63, 3.8) is 0 Å². The molecule has 3 N–H and O–H groups in total. The van der Waals surface area contributed by atoms with E-state index in [0.717, 1.165) is 47.3 Å². The summed E-state index contributed by atoms with van der Waals surface area (Å²) in [4.78, 5) is 21.8. The molecule has 0 spiro atoms. The van der Waals surface area contributed by atoms with Gasteiger partial charge in [0.25, 0.3) is 0 Å². The number of nitrogens with zero attached hydrogens (tertiary/aromatic N) is 2. The Labute approximate surface area is 188 Å². The number of aliphatic imine (C=N–C) groups is 1. The lowest BCUT2D eigenvalue weighted by molar-refractivity contribution is -0.116. The van der Waals surface area contributed by atoms with Gasteiger partial charge in [0.1, 0.15) is 0 Å². The second-order valence-corrected chi connectivity index (χ2v) is 7.64. The first-order valence-electron chi connectivity index (χ1n) is 9.28. The number of thiazole rings is 1. The second kappa shape index (κ2) is 12.7. The Bertz CT molecular complexity index is 771. The molecule has 0 radical (unpaired) electrons. The molecule has 154 valence electrons. The Hall–Kier alpha value is -1.68. The molecule has 1 amide bonds. The molecule has 0 aliphatic carbocycles. The van der Waals surface area contributed by atoms with Crippen LogP contribution in [0, 0.1) is 13.8 Å². The number of nitrogens with one attached hydrogen (secondary N) is 3. The van der Waals surface area contributed by atoms with Gasteiger partial charge >= 0.3 is 0 Å². The summed E-state index contributed by atoms with van der Waals surface area (Å²) in [5, 5.41) is 10.7. The van der Waals surface area contributed by atoms with Gasteiger partial charge in [-0.2, -0.15) is 0 Å². The van der Waals surface area contributed by atoms with Crippen molar-refractivity contribution in [1.82, 2.24) is 15.6 Å². The first kappa shape index (κ1) is 24.4. The fraction of sp³-hybridized carbons (Fsp3) is 0.450. The molecule has 0 aliphatic heterocycles. The summed E-state index contributed by atoms with van der Waals surface area (Å²) in [6.45, 7) is 7.55. The number of carbonyl (C=O) groups is 1. The lowest BCUT2D eigenvalue weighted by atomic mass is 10.2. The van der Waals surface area contributed by atoms with Gasteiger partial charge in [-0.05, 0) is 38.0 Å². The van der Waals surface area contributed by atoms with Gasteiger partial charge in [-0.25, -0.2) is 4.98 Å². The van der Waals surface area contributed by atoms with Crippen molar-refractivity contribution < 1.29 is 4.79 Å². The first-order chi connectivity index (χ1) is 13.0. The molecule has 0 saturated carbocycles. The van der Waals surface area contributed by atoms with Gasteiger partial charge in [-0.15, -0.1) is 35.3 Å². The number of aromatic nitrogens is 1. The third-order valence-corrected chi connectivity index (χ3v) is 5.21. The molecule has 2 aromatic rings. The SMILES string of the molecule is CCCC(=O)Nc1cccc(CNC(=NC)NCCc2nc(C)c(C)s2)c1.I. The molecular formula is C20H30IN5OS. The fourth-order valence-electron chi connectivity index (χ4n) is 2.55. The van der Waals surface area contributed by atoms with E-state index in [4.69, 9.17) is 0 Å². The monoisotopic (exact) mass is 515 g/mol. The third-order valence-electron chi connectivity index (χ3n) is 4.08. The van der Waals surface area contributed by atoms with Crippen LogP contribution < -0.4 is 16.0 Å². The van der Waals surface area contributed by atoms with E-state index in [-0.39, 0.29) is 29.9 Å². The van der Waals surface area contributed by atoms with Crippen LogP contribution in [0.5, 0.6) is 0 Å². The highest BCUT2D eigenvalue weighted by Crippen LogP contribution is 2.16. The normalized spacial score (nSPS) is 10.9. The van der Waals surface area contributed by atoms with Crippen LogP contribution in [0.3, 0.4) is 0 Å². The molecule has 2 rings (SSSR count). The molecule has 28 heavy (non-hydrogen) atoms. The maximum absolute atomic E-state index is 11.7. The van der Waals surface area contributed by atoms with E-state index >= 15 is 0 Å². The van der Waals surface area contributed by atoms with Crippen LogP contribution in [0.15, 0.2) is 29.3 Å². The minimum absolute atomic E-state index is 0. The highest BCUT2D eigenvalue weighted by atomic mass is 127. The van der Waals surface area contributed by atoms with Gasteiger partial charge in [0.15, 0.2) is 5.96 Å². The maximum atomic E-state index is 11.7. The van der Waals surface area contributed by atoms with Gasteiger partial charge in [0, 0.05) is 43.5 Å². The zero-order valence-electron chi connectivity index (χ0n) is 17.0. The summed E-state index contributed by atoms with van der Waals surface area (Å²) in [6, 6.07) is 7.86. The van der Waals surface area contributed by atoms with Crippen molar-refractivity contribution in [3.05, 3.63) is 45.4 Å². The van der Waals surface area contributed by atoms with Crippen LogP contribution in [0.2, 0.25) is 0 Å². The number of hydrogen-bond donors (Lipinski definition) is 3. The van der Waals surface area contributed by atoms with E-state index in [1.54, 1.807) is 18.4 Å². The van der Waals surface area contributed by atoms with Gasteiger partial charge in [-0.3, -0.25) is 9.79 Å². The molecule has 0 fully saturated rings. The lowest BCUT2D eigenvalue weighted by Gasteiger charge is -2.12. The smallest absolute Gasteiger partial charge is 0.224 e. The summed E-state index contributed by atoms with van der Waals surface area (Å²) in [6.07, 6.45) is 2.26. The van der Waals surface area contributed by atoms with Crippen molar-refractivity contribution in [2.45, 2.75) is 46.6 Å². The van der Waals surface area contributed by atoms with Crippen LogP contribution in [0.25, 0.3) is 0 Å². The molecule has 0 aliphatic rings. The van der Waals surface area contributed by atoms with Crippen LogP contribution in [0.4, 0.5) is 5.69 Å². The minimum atomic E-state index is 0. The predicted molar refractivity (Wildman–Crippen MR) is 129 cm³/mol. The molecule has 0 unspecified atom stereocenters. The van der Waals surface area contributed by atoms with Gasteiger partial charge in [-0.1, -0.05) is 19.1 Å². The summed E-state index contributed by atoms with van der Waals surface area (Å²) in [7, 11) is 1.76. The molecule has 8 heteroatoms. The number of amides is 1. The van der Waals surface area contributed by atoms with Crippen molar-refractivity contribution in [1.29, 1.82) is 0 Å². The van der Waals surface area contributed by atoms with E-state index in [0.29, 0.717) is 13.0 Å². The average molecular weight is 515 g/mol. The van der Waals surface area contributed by atoms with E-state index in [2.05, 4.69) is 32.9 Å². The summed E-state index contributed by atoms with van der Waals surface area (Å²) in [5.41, 5.74) is 3.02. The molecular weight excluding hydrogens is 485 g/mol. The number of carbonyl (C=O) groups excluding carboxylic acids is 1. The number of guanidine groups is 1. The number of halogens is 1. The molecule has 1 aromatic carbocycles. The van der Waals surface area contributed by atoms with Crippen LogP contribution in [-0.2, 0) is 17.8 Å². The summed E-state index contributed by atoms with van der Waals surface area (Å²) in [5.74, 6) is 0.799. The zero-order valence-corrected chi connectivity index (χ0v) is 20.1. The van der Waals surface area contributed by atoms with Crippen molar-refractivity contribution in [3.8, 4) is 0 Å². The van der Waals surface area contributed by atoms with Gasteiger partial charge < -0.3 is 16.0 Å². The average Bonchev–Trinajstić information content (AvgIpc) is 2.96. The number of hydrogen-bond acceptors (Lipinski definition) is 4. The molecule has 6 nitrogen and oxygen atoms in total. The van der Waals surface area contributed by atoms with Gasteiger partial charge in [0.05, 0.1) is 10.7 Å². The largest absolute Gasteiger partial charge is 0.356 e. The Morgan fingerprint density at radius 1 is 1.25 bits per heavy atom. The number of aryl methyl sites for hydroxylation is 2. The highest BCUT2D eigenvalue weighted by Gasteiger charge is 2.05.